The van der Waals surface area contributed by atoms with Crippen LogP contribution in [0.4, 0.5) is 0 Å². The van der Waals surface area contributed by atoms with E-state index in [9.17, 15) is 0 Å². The Bertz CT molecular complexity index is 439. The standard InChI is InChI=1S/C15H21Cl2NO3/c1-2-19-13-4-3-5-14-15(13)20-11-12(21-14)10-18(8-6-16)9-7-17/h3-5,12H,2,6-11H2,1H3. The van der Waals surface area contributed by atoms with Crippen LogP contribution in [-0.4, -0.2) is 55.6 Å². The predicted octanol–water partition coefficient (Wildman–Crippen LogP) is 3.00. The van der Waals surface area contributed by atoms with Crippen LogP contribution in [0.5, 0.6) is 17.2 Å². The molecule has 0 fully saturated rings. The van der Waals surface area contributed by atoms with Gasteiger partial charge < -0.3 is 14.2 Å². The van der Waals surface area contributed by atoms with Crippen LogP contribution in [-0.2, 0) is 0 Å². The summed E-state index contributed by atoms with van der Waals surface area (Å²) in [6, 6.07) is 5.70. The molecular weight excluding hydrogens is 313 g/mol. The van der Waals surface area contributed by atoms with Crippen LogP contribution in [0, 0.1) is 0 Å². The van der Waals surface area contributed by atoms with E-state index in [0.717, 1.165) is 31.1 Å². The Hall–Kier alpha value is -0.840. The van der Waals surface area contributed by atoms with Crippen molar-refractivity contribution >= 4 is 23.2 Å². The first kappa shape index (κ1) is 16.5. The van der Waals surface area contributed by atoms with Crippen molar-refractivity contribution < 1.29 is 14.2 Å². The molecule has 0 saturated carbocycles. The molecule has 0 aliphatic carbocycles. The van der Waals surface area contributed by atoms with Crippen molar-refractivity contribution in [3.8, 4) is 17.2 Å². The van der Waals surface area contributed by atoms with Crippen LogP contribution >= 0.6 is 23.2 Å². The smallest absolute Gasteiger partial charge is 0.203 e. The molecule has 1 atom stereocenters. The summed E-state index contributed by atoms with van der Waals surface area (Å²) >= 11 is 11.6. The van der Waals surface area contributed by atoms with Gasteiger partial charge in [0, 0.05) is 31.4 Å². The normalized spacial score (nSPS) is 17.0. The molecule has 4 nitrogen and oxygen atoms in total. The van der Waals surface area contributed by atoms with Crippen LogP contribution in [0.3, 0.4) is 0 Å². The number of halogens is 2. The first-order valence-corrected chi connectivity index (χ1v) is 8.25. The molecule has 0 spiro atoms. The van der Waals surface area contributed by atoms with Gasteiger partial charge >= 0.3 is 0 Å². The maximum Gasteiger partial charge on any atom is 0.203 e. The number of alkyl halides is 2. The predicted molar refractivity (Wildman–Crippen MR) is 85.4 cm³/mol. The molecule has 6 heteroatoms. The van der Waals surface area contributed by atoms with Gasteiger partial charge in [-0.1, -0.05) is 6.07 Å². The Morgan fingerprint density at radius 2 is 2.05 bits per heavy atom. The number of fused-ring (bicyclic) bond motifs is 1. The fraction of sp³-hybridized carbons (Fsp3) is 0.600. The molecular formula is C15H21Cl2NO3. The van der Waals surface area contributed by atoms with Gasteiger partial charge in [0.1, 0.15) is 12.7 Å². The van der Waals surface area contributed by atoms with Crippen molar-refractivity contribution in [1.82, 2.24) is 4.90 Å². The number of hydrogen-bond donors (Lipinski definition) is 0. The monoisotopic (exact) mass is 333 g/mol. The van der Waals surface area contributed by atoms with E-state index in [1.807, 2.05) is 25.1 Å². The van der Waals surface area contributed by atoms with E-state index in [-0.39, 0.29) is 6.10 Å². The number of nitrogens with zero attached hydrogens (tertiary/aromatic N) is 1. The second-order valence-electron chi connectivity index (χ2n) is 4.75. The second kappa shape index (κ2) is 8.57. The van der Waals surface area contributed by atoms with Gasteiger partial charge in [-0.25, -0.2) is 0 Å². The lowest BCUT2D eigenvalue weighted by Crippen LogP contribution is -2.42. The summed E-state index contributed by atoms with van der Waals surface area (Å²) < 4.78 is 17.4. The Kier molecular flexibility index (Phi) is 6.74. The van der Waals surface area contributed by atoms with E-state index in [0.29, 0.717) is 30.7 Å². The Morgan fingerprint density at radius 1 is 1.29 bits per heavy atom. The third-order valence-electron chi connectivity index (χ3n) is 3.21. The lowest BCUT2D eigenvalue weighted by atomic mass is 10.2. The van der Waals surface area contributed by atoms with Crippen molar-refractivity contribution in [3.05, 3.63) is 18.2 Å². The molecule has 0 radical (unpaired) electrons. The van der Waals surface area contributed by atoms with Gasteiger partial charge in [0.05, 0.1) is 6.61 Å². The number of ether oxygens (including phenoxy) is 3. The average Bonchev–Trinajstić information content (AvgIpc) is 2.48. The van der Waals surface area contributed by atoms with E-state index in [1.165, 1.54) is 0 Å². The van der Waals surface area contributed by atoms with Gasteiger partial charge in [-0.2, -0.15) is 0 Å². The van der Waals surface area contributed by atoms with Crippen LogP contribution in [0.1, 0.15) is 6.92 Å². The molecule has 0 saturated heterocycles. The topological polar surface area (TPSA) is 30.9 Å². The summed E-state index contributed by atoms with van der Waals surface area (Å²) in [5.74, 6) is 3.31. The van der Waals surface area contributed by atoms with Crippen LogP contribution in [0.25, 0.3) is 0 Å². The van der Waals surface area contributed by atoms with Crippen molar-refractivity contribution in [2.75, 3.05) is 44.6 Å². The van der Waals surface area contributed by atoms with Crippen molar-refractivity contribution in [1.29, 1.82) is 0 Å². The molecule has 0 N–H and O–H groups in total. The Balaban J connectivity index is 2.00. The minimum atomic E-state index is -0.0270. The van der Waals surface area contributed by atoms with Gasteiger partial charge in [-0.15, -0.1) is 23.2 Å². The molecule has 21 heavy (non-hydrogen) atoms. The number of hydrogen-bond acceptors (Lipinski definition) is 4. The third kappa shape index (κ3) is 4.56. The van der Waals surface area contributed by atoms with Crippen molar-refractivity contribution in [2.45, 2.75) is 13.0 Å². The number of para-hydroxylation sites is 1. The molecule has 1 aromatic rings. The summed E-state index contributed by atoms with van der Waals surface area (Å²) in [5.41, 5.74) is 0. The maximum atomic E-state index is 6.01. The minimum absolute atomic E-state index is 0.0270. The molecule has 118 valence electrons. The fourth-order valence-electron chi connectivity index (χ4n) is 2.30. The van der Waals surface area contributed by atoms with Gasteiger partial charge in [0.15, 0.2) is 11.5 Å². The van der Waals surface area contributed by atoms with E-state index in [4.69, 9.17) is 37.4 Å². The summed E-state index contributed by atoms with van der Waals surface area (Å²) in [6.45, 7) is 5.38. The second-order valence-corrected chi connectivity index (χ2v) is 5.50. The largest absolute Gasteiger partial charge is 0.490 e. The molecule has 0 amide bonds. The highest BCUT2D eigenvalue weighted by Crippen LogP contribution is 2.40. The van der Waals surface area contributed by atoms with Crippen molar-refractivity contribution in [3.63, 3.8) is 0 Å². The zero-order valence-corrected chi connectivity index (χ0v) is 13.7. The van der Waals surface area contributed by atoms with Gasteiger partial charge in [-0.05, 0) is 19.1 Å². The van der Waals surface area contributed by atoms with E-state index in [2.05, 4.69) is 4.90 Å². The summed E-state index contributed by atoms with van der Waals surface area (Å²) in [4.78, 5) is 2.19. The summed E-state index contributed by atoms with van der Waals surface area (Å²) in [7, 11) is 0. The highest BCUT2D eigenvalue weighted by Gasteiger charge is 2.25. The minimum Gasteiger partial charge on any atom is -0.490 e. The quantitative estimate of drug-likeness (QED) is 0.684. The number of rotatable bonds is 8. The zero-order chi connectivity index (χ0) is 15.1. The van der Waals surface area contributed by atoms with E-state index in [1.54, 1.807) is 0 Å². The SMILES string of the molecule is CCOc1cccc2c1OCC(CN(CCCl)CCCl)O2. The summed E-state index contributed by atoms with van der Waals surface area (Å²) in [6.07, 6.45) is -0.0270. The Morgan fingerprint density at radius 3 is 2.71 bits per heavy atom. The lowest BCUT2D eigenvalue weighted by Gasteiger charge is -2.31. The van der Waals surface area contributed by atoms with Crippen LogP contribution < -0.4 is 14.2 Å². The summed E-state index contributed by atoms with van der Waals surface area (Å²) in [5, 5.41) is 0. The fourth-order valence-corrected chi connectivity index (χ4v) is 2.78. The van der Waals surface area contributed by atoms with Gasteiger partial charge in [-0.3, -0.25) is 4.90 Å². The average molecular weight is 334 g/mol. The molecule has 0 aromatic heterocycles. The molecule has 2 rings (SSSR count). The van der Waals surface area contributed by atoms with Gasteiger partial charge in [0.2, 0.25) is 5.75 Å². The maximum absolute atomic E-state index is 6.01. The first-order chi connectivity index (χ1) is 10.3. The molecule has 1 heterocycles. The highest BCUT2D eigenvalue weighted by atomic mass is 35.5. The third-order valence-corrected chi connectivity index (χ3v) is 3.55. The Labute approximate surface area is 135 Å². The highest BCUT2D eigenvalue weighted by molar-refractivity contribution is 6.18. The lowest BCUT2D eigenvalue weighted by molar-refractivity contribution is 0.0592. The van der Waals surface area contributed by atoms with Crippen LogP contribution in [0.2, 0.25) is 0 Å². The molecule has 1 aromatic carbocycles. The molecule has 1 unspecified atom stereocenters. The molecule has 1 aliphatic rings. The zero-order valence-electron chi connectivity index (χ0n) is 12.2. The van der Waals surface area contributed by atoms with Gasteiger partial charge in [0.25, 0.3) is 0 Å². The molecule has 0 bridgehead atoms. The van der Waals surface area contributed by atoms with E-state index < -0.39 is 0 Å². The van der Waals surface area contributed by atoms with Crippen LogP contribution in [0.15, 0.2) is 18.2 Å². The van der Waals surface area contributed by atoms with E-state index >= 15 is 0 Å². The van der Waals surface area contributed by atoms with Crippen molar-refractivity contribution in [2.24, 2.45) is 0 Å². The number of benzene rings is 1. The molecule has 1 aliphatic heterocycles. The first-order valence-electron chi connectivity index (χ1n) is 7.18.